The molecule has 2 unspecified atom stereocenters. The van der Waals surface area contributed by atoms with Gasteiger partial charge in [-0.15, -0.1) is 0 Å². The Bertz CT molecular complexity index is 627. The fraction of sp³-hybridized carbons (Fsp3) is 0.667. The molecule has 0 amide bonds. The van der Waals surface area contributed by atoms with Crippen LogP contribution in [0.3, 0.4) is 0 Å². The van der Waals surface area contributed by atoms with Crippen molar-refractivity contribution in [1.82, 2.24) is 0 Å². The van der Waals surface area contributed by atoms with E-state index in [2.05, 4.69) is 0 Å². The number of fused-ring (bicyclic) bond motifs is 2. The van der Waals surface area contributed by atoms with Crippen LogP contribution in [0.2, 0.25) is 0 Å². The lowest BCUT2D eigenvalue weighted by Gasteiger charge is -2.50. The Hall–Kier alpha value is -2.06. The number of aliphatic hydroxyl groups excluding tert-OH is 1. The highest BCUT2D eigenvalue weighted by Crippen LogP contribution is 2.51. The van der Waals surface area contributed by atoms with Crippen molar-refractivity contribution in [3.8, 4) is 0 Å². The molecular formula is C18H26O8. The molecule has 0 fully saturated rings. The maximum absolute atomic E-state index is 12.6. The molecule has 2 aliphatic rings. The number of methoxy groups -OCH3 is 1. The minimum atomic E-state index is -1.44. The van der Waals surface area contributed by atoms with Crippen molar-refractivity contribution in [3.05, 3.63) is 22.7 Å². The Morgan fingerprint density at radius 2 is 1.73 bits per heavy atom. The first-order chi connectivity index (χ1) is 12.4. The van der Waals surface area contributed by atoms with Gasteiger partial charge in [-0.1, -0.05) is 0 Å². The van der Waals surface area contributed by atoms with Gasteiger partial charge in [-0.2, -0.15) is 0 Å². The molecule has 0 saturated heterocycles. The zero-order valence-corrected chi connectivity index (χ0v) is 15.8. The monoisotopic (exact) mass is 370 g/mol. The lowest BCUT2D eigenvalue weighted by atomic mass is 9.72. The molecule has 1 aliphatic carbocycles. The molecule has 1 aliphatic heterocycles. The molecule has 2 rings (SSSR count). The molecular weight excluding hydrogens is 344 g/mol. The van der Waals surface area contributed by atoms with Crippen LogP contribution < -0.4 is 0 Å². The van der Waals surface area contributed by atoms with E-state index in [1.165, 1.54) is 7.11 Å². The van der Waals surface area contributed by atoms with E-state index in [0.29, 0.717) is 5.76 Å². The van der Waals surface area contributed by atoms with Gasteiger partial charge in [-0.25, -0.2) is 9.59 Å². The molecule has 1 N–H and O–H groups in total. The average molecular weight is 370 g/mol. The fourth-order valence-corrected chi connectivity index (χ4v) is 3.59. The van der Waals surface area contributed by atoms with Crippen molar-refractivity contribution < 1.29 is 38.4 Å². The third-order valence-corrected chi connectivity index (χ3v) is 4.46. The lowest BCUT2D eigenvalue weighted by Crippen LogP contribution is -2.61. The first kappa shape index (κ1) is 20.3. The SMILES string of the molecule is CCOC(=O)C1=C(C)OC2CC(O)=C(C(=O)OC)C1C2(OCC)OCC. The molecule has 0 aromatic rings. The molecule has 146 valence electrons. The van der Waals surface area contributed by atoms with Crippen LogP contribution >= 0.6 is 0 Å². The molecule has 1 heterocycles. The van der Waals surface area contributed by atoms with Crippen LogP contribution in [-0.2, 0) is 33.3 Å². The van der Waals surface area contributed by atoms with E-state index in [-0.39, 0.29) is 43.1 Å². The van der Waals surface area contributed by atoms with Crippen LogP contribution in [0.5, 0.6) is 0 Å². The number of carbonyl (C=O) groups excluding carboxylic acids is 2. The summed E-state index contributed by atoms with van der Waals surface area (Å²) >= 11 is 0. The summed E-state index contributed by atoms with van der Waals surface area (Å²) in [5.74, 6) is -3.79. The number of esters is 2. The minimum Gasteiger partial charge on any atom is -0.512 e. The second kappa shape index (κ2) is 8.09. The summed E-state index contributed by atoms with van der Waals surface area (Å²) in [6.07, 6.45) is -0.729. The molecule has 0 aromatic carbocycles. The Kier molecular flexibility index (Phi) is 6.30. The predicted octanol–water partition coefficient (Wildman–Crippen LogP) is 2.00. The Morgan fingerprint density at radius 1 is 1.12 bits per heavy atom. The summed E-state index contributed by atoms with van der Waals surface area (Å²) in [5, 5.41) is 10.5. The van der Waals surface area contributed by atoms with Crippen molar-refractivity contribution in [1.29, 1.82) is 0 Å². The smallest absolute Gasteiger partial charge is 0.338 e. The standard InChI is InChI=1S/C18H26O8/c1-6-23-17(21)13-10(4)26-12-9-11(19)14(16(20)22-5)15(13)18(12,24-7-2)25-8-3/h12,15,19H,6-9H2,1-5H3. The van der Waals surface area contributed by atoms with Gasteiger partial charge in [0.15, 0.2) is 6.10 Å². The minimum absolute atomic E-state index is 0.00558. The summed E-state index contributed by atoms with van der Waals surface area (Å²) < 4.78 is 27.7. The number of aliphatic hydroxyl groups is 1. The quantitative estimate of drug-likeness (QED) is 0.536. The van der Waals surface area contributed by atoms with Crippen LogP contribution in [0, 0.1) is 5.92 Å². The Labute approximate surface area is 152 Å². The molecule has 0 saturated carbocycles. The fourth-order valence-electron chi connectivity index (χ4n) is 3.59. The summed E-state index contributed by atoms with van der Waals surface area (Å²) in [6.45, 7) is 7.48. The van der Waals surface area contributed by atoms with Gasteiger partial charge < -0.3 is 28.8 Å². The molecule has 26 heavy (non-hydrogen) atoms. The van der Waals surface area contributed by atoms with Crippen molar-refractivity contribution in [2.24, 2.45) is 5.92 Å². The van der Waals surface area contributed by atoms with Gasteiger partial charge in [0, 0.05) is 19.6 Å². The second-order valence-corrected chi connectivity index (χ2v) is 5.87. The van der Waals surface area contributed by atoms with E-state index in [1.807, 2.05) is 0 Å². The molecule has 2 bridgehead atoms. The molecule has 0 radical (unpaired) electrons. The van der Waals surface area contributed by atoms with Crippen LogP contribution in [0.1, 0.15) is 34.1 Å². The summed E-state index contributed by atoms with van der Waals surface area (Å²) in [6, 6.07) is 0. The van der Waals surface area contributed by atoms with Crippen LogP contribution in [0.15, 0.2) is 22.7 Å². The van der Waals surface area contributed by atoms with Gasteiger partial charge in [-0.3, -0.25) is 0 Å². The third kappa shape index (κ3) is 3.19. The molecule has 8 nitrogen and oxygen atoms in total. The summed E-state index contributed by atoms with van der Waals surface area (Å²) in [4.78, 5) is 25.1. The summed E-state index contributed by atoms with van der Waals surface area (Å²) in [5.41, 5.74) is 0.00741. The Morgan fingerprint density at radius 3 is 2.23 bits per heavy atom. The van der Waals surface area contributed by atoms with E-state index in [4.69, 9.17) is 23.7 Å². The first-order valence-corrected chi connectivity index (χ1v) is 8.70. The lowest BCUT2D eigenvalue weighted by molar-refractivity contribution is -0.311. The van der Waals surface area contributed by atoms with Crippen molar-refractivity contribution in [2.75, 3.05) is 26.9 Å². The van der Waals surface area contributed by atoms with Gasteiger partial charge in [0.1, 0.15) is 11.5 Å². The zero-order chi connectivity index (χ0) is 19.5. The van der Waals surface area contributed by atoms with Gasteiger partial charge in [0.2, 0.25) is 5.79 Å². The second-order valence-electron chi connectivity index (χ2n) is 5.87. The van der Waals surface area contributed by atoms with Crippen molar-refractivity contribution >= 4 is 11.9 Å². The summed E-state index contributed by atoms with van der Waals surface area (Å²) in [7, 11) is 1.21. The number of rotatable bonds is 7. The van der Waals surface area contributed by atoms with E-state index < -0.39 is 29.7 Å². The molecule has 0 spiro atoms. The van der Waals surface area contributed by atoms with Gasteiger partial charge in [-0.05, 0) is 27.7 Å². The highest BCUT2D eigenvalue weighted by molar-refractivity contribution is 5.97. The largest absolute Gasteiger partial charge is 0.512 e. The zero-order valence-electron chi connectivity index (χ0n) is 15.8. The topological polar surface area (TPSA) is 101 Å². The number of ether oxygens (including phenoxy) is 5. The van der Waals surface area contributed by atoms with Crippen LogP contribution in [0.4, 0.5) is 0 Å². The van der Waals surface area contributed by atoms with E-state index >= 15 is 0 Å². The number of hydrogen-bond donors (Lipinski definition) is 1. The van der Waals surface area contributed by atoms with Crippen molar-refractivity contribution in [3.63, 3.8) is 0 Å². The maximum Gasteiger partial charge on any atom is 0.338 e. The predicted molar refractivity (Wildman–Crippen MR) is 90.0 cm³/mol. The van der Waals surface area contributed by atoms with Crippen LogP contribution in [0.25, 0.3) is 0 Å². The van der Waals surface area contributed by atoms with E-state index in [0.717, 1.165) is 0 Å². The van der Waals surface area contributed by atoms with Gasteiger partial charge in [0.25, 0.3) is 0 Å². The van der Waals surface area contributed by atoms with Crippen LogP contribution in [-0.4, -0.2) is 55.9 Å². The van der Waals surface area contributed by atoms with Crippen molar-refractivity contribution in [2.45, 2.75) is 46.0 Å². The average Bonchev–Trinajstić information content (AvgIpc) is 2.58. The van der Waals surface area contributed by atoms with Gasteiger partial charge in [0.05, 0.1) is 30.8 Å². The molecule has 2 atom stereocenters. The Balaban J connectivity index is 2.73. The third-order valence-electron chi connectivity index (χ3n) is 4.46. The normalized spacial score (nSPS) is 24.2. The highest BCUT2D eigenvalue weighted by Gasteiger charge is 2.62. The number of hydrogen-bond acceptors (Lipinski definition) is 8. The maximum atomic E-state index is 12.6. The highest BCUT2D eigenvalue weighted by atomic mass is 16.7. The molecule has 8 heteroatoms. The van der Waals surface area contributed by atoms with E-state index in [1.54, 1.807) is 27.7 Å². The van der Waals surface area contributed by atoms with Gasteiger partial charge >= 0.3 is 11.9 Å². The molecule has 0 aromatic heterocycles. The number of carbonyl (C=O) groups is 2. The van der Waals surface area contributed by atoms with E-state index in [9.17, 15) is 14.7 Å². The number of allylic oxidation sites excluding steroid dienone is 1. The first-order valence-electron chi connectivity index (χ1n) is 8.70.